The summed E-state index contributed by atoms with van der Waals surface area (Å²) in [5.41, 5.74) is -0.159. The van der Waals surface area contributed by atoms with Crippen molar-refractivity contribution in [3.8, 4) is 6.07 Å². The maximum absolute atomic E-state index is 12.2. The first-order valence-corrected chi connectivity index (χ1v) is 5.71. The third kappa shape index (κ3) is 2.19. The fourth-order valence-corrected chi connectivity index (χ4v) is 2.16. The van der Waals surface area contributed by atoms with E-state index in [4.69, 9.17) is 5.26 Å². The summed E-state index contributed by atoms with van der Waals surface area (Å²) in [5, 5.41) is 8.80. The predicted molar refractivity (Wildman–Crippen MR) is 62.7 cm³/mol. The number of hydrogen-bond acceptors (Lipinski definition) is 3. The Morgan fingerprint density at radius 1 is 1.56 bits per heavy atom. The lowest BCUT2D eigenvalue weighted by Gasteiger charge is -2.50. The van der Waals surface area contributed by atoms with E-state index in [0.717, 1.165) is 6.54 Å². The Bertz CT molecular complexity index is 317. The van der Waals surface area contributed by atoms with Crippen LogP contribution in [0.4, 0.5) is 0 Å². The molecule has 90 valence electrons. The van der Waals surface area contributed by atoms with Gasteiger partial charge in [0.25, 0.3) is 0 Å². The summed E-state index contributed by atoms with van der Waals surface area (Å²) in [6, 6.07) is 2.12. The second-order valence-corrected chi connectivity index (χ2v) is 5.35. The minimum Gasteiger partial charge on any atom is -0.338 e. The van der Waals surface area contributed by atoms with E-state index in [0.29, 0.717) is 0 Å². The van der Waals surface area contributed by atoms with Crippen LogP contribution in [-0.4, -0.2) is 46.9 Å². The molecule has 0 spiro atoms. The highest BCUT2D eigenvalue weighted by Crippen LogP contribution is 2.26. The van der Waals surface area contributed by atoms with E-state index in [-0.39, 0.29) is 30.0 Å². The van der Waals surface area contributed by atoms with Crippen LogP contribution >= 0.6 is 0 Å². The number of carbonyl (C=O) groups excluding carboxylic acids is 1. The summed E-state index contributed by atoms with van der Waals surface area (Å²) in [7, 11) is 1.82. The Kier molecular flexibility index (Phi) is 3.59. The maximum atomic E-state index is 12.2. The van der Waals surface area contributed by atoms with Crippen LogP contribution in [0.2, 0.25) is 0 Å². The second kappa shape index (κ2) is 4.42. The minimum absolute atomic E-state index is 0.0616. The summed E-state index contributed by atoms with van der Waals surface area (Å²) in [4.78, 5) is 16.1. The number of amides is 1. The molecule has 1 atom stereocenters. The monoisotopic (exact) mass is 223 g/mol. The molecule has 0 aromatic heterocycles. The Hall–Kier alpha value is -1.08. The van der Waals surface area contributed by atoms with Crippen molar-refractivity contribution in [2.45, 2.75) is 51.7 Å². The number of nitrogens with zero attached hydrogens (tertiary/aromatic N) is 3. The molecule has 1 rings (SSSR count). The van der Waals surface area contributed by atoms with Gasteiger partial charge in [0.1, 0.15) is 6.04 Å². The molecule has 0 N–H and O–H groups in total. The normalized spacial score (nSPS) is 25.9. The van der Waals surface area contributed by atoms with Crippen molar-refractivity contribution in [3.05, 3.63) is 0 Å². The zero-order chi connectivity index (χ0) is 12.5. The van der Waals surface area contributed by atoms with Crippen molar-refractivity contribution in [1.82, 2.24) is 9.80 Å². The van der Waals surface area contributed by atoms with Crippen molar-refractivity contribution in [1.29, 1.82) is 5.26 Å². The average molecular weight is 223 g/mol. The third-order valence-corrected chi connectivity index (χ3v) is 3.44. The van der Waals surface area contributed by atoms with Crippen LogP contribution in [0.15, 0.2) is 0 Å². The van der Waals surface area contributed by atoms with Crippen LogP contribution in [0.1, 0.15) is 34.1 Å². The second-order valence-electron chi connectivity index (χ2n) is 5.35. The van der Waals surface area contributed by atoms with E-state index >= 15 is 0 Å². The number of piperazine rings is 1. The van der Waals surface area contributed by atoms with Crippen molar-refractivity contribution >= 4 is 5.91 Å². The Morgan fingerprint density at radius 2 is 2.12 bits per heavy atom. The fourth-order valence-electron chi connectivity index (χ4n) is 2.16. The van der Waals surface area contributed by atoms with E-state index in [9.17, 15) is 4.79 Å². The van der Waals surface area contributed by atoms with Gasteiger partial charge >= 0.3 is 0 Å². The Balaban J connectivity index is 2.99. The van der Waals surface area contributed by atoms with Crippen LogP contribution in [0.5, 0.6) is 0 Å². The number of hydrogen-bond donors (Lipinski definition) is 0. The number of rotatable bonds is 2. The first kappa shape index (κ1) is 13.0. The summed E-state index contributed by atoms with van der Waals surface area (Å²) < 4.78 is 0. The Morgan fingerprint density at radius 3 is 2.56 bits per heavy atom. The van der Waals surface area contributed by atoms with E-state index in [1.165, 1.54) is 0 Å². The van der Waals surface area contributed by atoms with Gasteiger partial charge in [0, 0.05) is 25.2 Å². The summed E-state index contributed by atoms with van der Waals surface area (Å²) in [5.74, 6) is 0.0616. The van der Waals surface area contributed by atoms with Crippen molar-refractivity contribution < 1.29 is 4.79 Å². The smallest absolute Gasteiger partial charge is 0.241 e. The quantitative estimate of drug-likeness (QED) is 0.707. The standard InChI is InChI=1S/C12H21N3O/c1-9(2)15-8-12(3,4)14(5)11(16)10(15)6-7-13/h9-10H,6,8H2,1-5H3. The van der Waals surface area contributed by atoms with E-state index in [1.54, 1.807) is 4.90 Å². The Labute approximate surface area is 97.8 Å². The molecule has 0 aromatic carbocycles. The SMILES string of the molecule is CC(C)N1CC(C)(C)N(C)C(=O)C1CC#N. The lowest BCUT2D eigenvalue weighted by molar-refractivity contribution is -0.150. The lowest BCUT2D eigenvalue weighted by Crippen LogP contribution is -2.66. The predicted octanol–water partition coefficient (Wildman–Crippen LogP) is 1.23. The van der Waals surface area contributed by atoms with Gasteiger partial charge < -0.3 is 4.90 Å². The van der Waals surface area contributed by atoms with Crippen LogP contribution in [0.3, 0.4) is 0 Å². The molecule has 0 aromatic rings. The van der Waals surface area contributed by atoms with E-state index in [1.807, 2.05) is 7.05 Å². The zero-order valence-electron chi connectivity index (χ0n) is 10.8. The van der Waals surface area contributed by atoms with Gasteiger partial charge in [-0.1, -0.05) is 0 Å². The molecule has 1 unspecified atom stereocenters. The largest absolute Gasteiger partial charge is 0.338 e. The van der Waals surface area contributed by atoms with E-state index < -0.39 is 0 Å². The molecule has 16 heavy (non-hydrogen) atoms. The molecule has 1 aliphatic rings. The minimum atomic E-state index is -0.275. The molecule has 1 fully saturated rings. The molecule has 1 amide bonds. The molecule has 0 radical (unpaired) electrons. The molecule has 0 saturated carbocycles. The van der Waals surface area contributed by atoms with Gasteiger partial charge in [0.05, 0.1) is 12.5 Å². The van der Waals surface area contributed by atoms with Crippen LogP contribution < -0.4 is 0 Å². The highest BCUT2D eigenvalue weighted by molar-refractivity contribution is 5.83. The third-order valence-electron chi connectivity index (χ3n) is 3.44. The van der Waals surface area contributed by atoms with Crippen LogP contribution in [0.25, 0.3) is 0 Å². The molecular weight excluding hydrogens is 202 g/mol. The summed E-state index contributed by atoms with van der Waals surface area (Å²) >= 11 is 0. The zero-order valence-corrected chi connectivity index (χ0v) is 10.8. The van der Waals surface area contributed by atoms with E-state index in [2.05, 4.69) is 38.7 Å². The topological polar surface area (TPSA) is 47.3 Å². The van der Waals surface area contributed by atoms with Crippen molar-refractivity contribution in [2.24, 2.45) is 0 Å². The van der Waals surface area contributed by atoms with Crippen molar-refractivity contribution in [2.75, 3.05) is 13.6 Å². The summed E-state index contributed by atoms with van der Waals surface area (Å²) in [6.45, 7) is 9.07. The van der Waals surface area contributed by atoms with Gasteiger partial charge in [0.15, 0.2) is 0 Å². The van der Waals surface area contributed by atoms with Crippen molar-refractivity contribution in [3.63, 3.8) is 0 Å². The first-order valence-electron chi connectivity index (χ1n) is 5.71. The highest BCUT2D eigenvalue weighted by atomic mass is 16.2. The van der Waals surface area contributed by atoms with Gasteiger partial charge in [-0.3, -0.25) is 9.69 Å². The van der Waals surface area contributed by atoms with Gasteiger partial charge in [-0.15, -0.1) is 0 Å². The first-order chi connectivity index (χ1) is 7.31. The summed E-state index contributed by atoms with van der Waals surface area (Å²) in [6.07, 6.45) is 0.275. The molecule has 1 aliphatic heterocycles. The van der Waals surface area contributed by atoms with Crippen LogP contribution in [0, 0.1) is 11.3 Å². The lowest BCUT2D eigenvalue weighted by atomic mass is 9.93. The van der Waals surface area contributed by atoms with Crippen LogP contribution in [-0.2, 0) is 4.79 Å². The molecule has 4 nitrogen and oxygen atoms in total. The van der Waals surface area contributed by atoms with Gasteiger partial charge in [-0.2, -0.15) is 5.26 Å². The number of nitriles is 1. The number of likely N-dealkylation sites (N-methyl/N-ethyl adjacent to an activating group) is 1. The average Bonchev–Trinajstić information content (AvgIpc) is 2.19. The molecular formula is C12H21N3O. The molecule has 1 heterocycles. The fraction of sp³-hybridized carbons (Fsp3) is 0.833. The van der Waals surface area contributed by atoms with Gasteiger partial charge in [-0.05, 0) is 27.7 Å². The maximum Gasteiger partial charge on any atom is 0.241 e. The van der Waals surface area contributed by atoms with Gasteiger partial charge in [-0.25, -0.2) is 0 Å². The van der Waals surface area contributed by atoms with Gasteiger partial charge in [0.2, 0.25) is 5.91 Å². The molecule has 4 heteroatoms. The molecule has 0 bridgehead atoms. The molecule has 1 saturated heterocycles. The highest BCUT2D eigenvalue weighted by Gasteiger charge is 2.43. The number of carbonyl (C=O) groups is 1. The molecule has 0 aliphatic carbocycles.